The van der Waals surface area contributed by atoms with Crippen LogP contribution < -0.4 is 11.1 Å². The van der Waals surface area contributed by atoms with Crippen molar-refractivity contribution >= 4 is 11.8 Å². The fourth-order valence-electron chi connectivity index (χ4n) is 3.39. The molecule has 0 aromatic heterocycles. The molecule has 0 aromatic rings. The van der Waals surface area contributed by atoms with Crippen molar-refractivity contribution in [2.45, 2.75) is 44.9 Å². The van der Waals surface area contributed by atoms with Crippen LogP contribution in [-0.4, -0.2) is 42.9 Å². The zero-order valence-electron chi connectivity index (χ0n) is 12.3. The molecule has 5 heteroatoms. The zero-order valence-corrected chi connectivity index (χ0v) is 12.3. The van der Waals surface area contributed by atoms with Gasteiger partial charge in [-0.25, -0.2) is 0 Å². The molecule has 2 rings (SSSR count). The number of carbonyl (C=O) groups excluding carboxylic acids is 2. The normalized spacial score (nSPS) is 26.6. The van der Waals surface area contributed by atoms with Gasteiger partial charge in [-0.05, 0) is 44.6 Å². The van der Waals surface area contributed by atoms with Gasteiger partial charge in [-0.15, -0.1) is 0 Å². The van der Waals surface area contributed by atoms with Crippen LogP contribution in [0.3, 0.4) is 0 Å². The first-order valence-corrected chi connectivity index (χ1v) is 7.98. The average molecular weight is 281 g/mol. The molecule has 2 amide bonds. The summed E-state index contributed by atoms with van der Waals surface area (Å²) in [5, 5.41) is 2.92. The molecule has 0 spiro atoms. The maximum atomic E-state index is 12.1. The highest BCUT2D eigenvalue weighted by atomic mass is 16.2. The Hall–Kier alpha value is -1.10. The maximum Gasteiger partial charge on any atom is 0.224 e. The van der Waals surface area contributed by atoms with Crippen LogP contribution in [0, 0.1) is 11.8 Å². The Balaban J connectivity index is 1.67. The summed E-state index contributed by atoms with van der Waals surface area (Å²) >= 11 is 0. The number of amides is 2. The molecule has 0 bridgehead atoms. The molecule has 1 aliphatic carbocycles. The third kappa shape index (κ3) is 3.95. The smallest absolute Gasteiger partial charge is 0.224 e. The zero-order chi connectivity index (χ0) is 14.4. The van der Waals surface area contributed by atoms with Crippen LogP contribution in [0.15, 0.2) is 0 Å². The third-order valence-electron chi connectivity index (χ3n) is 4.65. The topological polar surface area (TPSA) is 75.4 Å². The lowest BCUT2D eigenvalue weighted by molar-refractivity contribution is -0.132. The van der Waals surface area contributed by atoms with Crippen molar-refractivity contribution in [1.82, 2.24) is 10.2 Å². The van der Waals surface area contributed by atoms with Gasteiger partial charge in [0.05, 0.1) is 0 Å². The molecular formula is C15H27N3O2. The van der Waals surface area contributed by atoms with Gasteiger partial charge in [0.25, 0.3) is 0 Å². The number of hydrogen-bond acceptors (Lipinski definition) is 3. The summed E-state index contributed by atoms with van der Waals surface area (Å²) in [6, 6.07) is 0. The number of rotatable bonds is 5. The summed E-state index contributed by atoms with van der Waals surface area (Å²) in [5.74, 6) is 0.647. The number of likely N-dealkylation sites (tertiary alicyclic amines) is 1. The van der Waals surface area contributed by atoms with Crippen molar-refractivity contribution in [2.75, 3.05) is 26.2 Å². The van der Waals surface area contributed by atoms with Crippen LogP contribution in [0.2, 0.25) is 0 Å². The van der Waals surface area contributed by atoms with Crippen LogP contribution in [0.1, 0.15) is 44.9 Å². The van der Waals surface area contributed by atoms with Gasteiger partial charge in [0, 0.05) is 32.0 Å². The largest absolute Gasteiger partial charge is 0.355 e. The molecule has 2 atom stereocenters. The molecule has 1 heterocycles. The molecular weight excluding hydrogens is 254 g/mol. The fraction of sp³-hybridized carbons (Fsp3) is 0.867. The standard InChI is InChI=1S/C15H27N3O2/c16-11-12-5-4-6-13(12)15(20)17-8-7-14(19)18-9-2-1-3-10-18/h12-13H,1-11,16H2,(H,17,20). The number of nitrogens with two attached hydrogens (primary N) is 1. The van der Waals surface area contributed by atoms with Crippen molar-refractivity contribution in [3.63, 3.8) is 0 Å². The lowest BCUT2D eigenvalue weighted by Crippen LogP contribution is -2.39. The number of carbonyl (C=O) groups is 2. The number of nitrogens with zero attached hydrogens (tertiary/aromatic N) is 1. The molecule has 114 valence electrons. The molecule has 1 saturated carbocycles. The molecule has 20 heavy (non-hydrogen) atoms. The fourth-order valence-corrected chi connectivity index (χ4v) is 3.39. The molecule has 5 nitrogen and oxygen atoms in total. The second kappa shape index (κ2) is 7.62. The van der Waals surface area contributed by atoms with Gasteiger partial charge in [-0.2, -0.15) is 0 Å². The summed E-state index contributed by atoms with van der Waals surface area (Å²) in [6.07, 6.45) is 6.95. The molecule has 1 aliphatic heterocycles. The van der Waals surface area contributed by atoms with E-state index in [0.717, 1.165) is 45.2 Å². The Morgan fingerprint density at radius 1 is 1.10 bits per heavy atom. The Kier molecular flexibility index (Phi) is 5.83. The summed E-state index contributed by atoms with van der Waals surface area (Å²) in [5.41, 5.74) is 5.70. The second-order valence-corrected chi connectivity index (χ2v) is 6.02. The first kappa shape index (κ1) is 15.3. The van der Waals surface area contributed by atoms with Crippen molar-refractivity contribution in [3.05, 3.63) is 0 Å². The molecule has 3 N–H and O–H groups in total. The lowest BCUT2D eigenvalue weighted by atomic mass is 9.95. The van der Waals surface area contributed by atoms with E-state index in [4.69, 9.17) is 5.73 Å². The highest BCUT2D eigenvalue weighted by Crippen LogP contribution is 2.30. The van der Waals surface area contributed by atoms with E-state index in [2.05, 4.69) is 5.32 Å². The number of piperidine rings is 1. The molecule has 0 aromatic carbocycles. The summed E-state index contributed by atoms with van der Waals surface area (Å²) in [4.78, 5) is 26.0. The average Bonchev–Trinajstić information content (AvgIpc) is 2.96. The van der Waals surface area contributed by atoms with Gasteiger partial charge < -0.3 is 16.0 Å². The second-order valence-electron chi connectivity index (χ2n) is 6.02. The van der Waals surface area contributed by atoms with E-state index < -0.39 is 0 Å². The van der Waals surface area contributed by atoms with Crippen LogP contribution in [0.5, 0.6) is 0 Å². The SMILES string of the molecule is NCC1CCCC1C(=O)NCCC(=O)N1CCCCC1. The van der Waals surface area contributed by atoms with Crippen molar-refractivity contribution < 1.29 is 9.59 Å². The highest BCUT2D eigenvalue weighted by molar-refractivity contribution is 5.81. The van der Waals surface area contributed by atoms with E-state index in [1.54, 1.807) is 0 Å². The van der Waals surface area contributed by atoms with Crippen molar-refractivity contribution in [3.8, 4) is 0 Å². The molecule has 2 unspecified atom stereocenters. The van der Waals surface area contributed by atoms with Gasteiger partial charge in [-0.3, -0.25) is 9.59 Å². The summed E-state index contributed by atoms with van der Waals surface area (Å²) < 4.78 is 0. The van der Waals surface area contributed by atoms with Crippen LogP contribution in [-0.2, 0) is 9.59 Å². The van der Waals surface area contributed by atoms with Gasteiger partial charge in [0.2, 0.25) is 11.8 Å². The highest BCUT2D eigenvalue weighted by Gasteiger charge is 2.31. The minimum absolute atomic E-state index is 0.0603. The first-order valence-electron chi connectivity index (χ1n) is 7.98. The van der Waals surface area contributed by atoms with E-state index in [1.165, 1.54) is 6.42 Å². The Labute approximate surface area is 121 Å². The molecule has 0 radical (unpaired) electrons. The number of nitrogens with one attached hydrogen (secondary N) is 1. The summed E-state index contributed by atoms with van der Waals surface area (Å²) in [6.45, 7) is 2.81. The van der Waals surface area contributed by atoms with Crippen molar-refractivity contribution in [2.24, 2.45) is 17.6 Å². The van der Waals surface area contributed by atoms with Gasteiger partial charge in [0.1, 0.15) is 0 Å². The first-order chi connectivity index (χ1) is 9.72. The predicted molar refractivity (Wildman–Crippen MR) is 77.9 cm³/mol. The number of hydrogen-bond donors (Lipinski definition) is 2. The summed E-state index contributed by atoms with van der Waals surface area (Å²) in [7, 11) is 0. The molecule has 2 fully saturated rings. The van der Waals surface area contributed by atoms with E-state index in [0.29, 0.717) is 25.4 Å². The van der Waals surface area contributed by atoms with Crippen molar-refractivity contribution in [1.29, 1.82) is 0 Å². The van der Waals surface area contributed by atoms with E-state index >= 15 is 0 Å². The van der Waals surface area contributed by atoms with Crippen LogP contribution >= 0.6 is 0 Å². The van der Waals surface area contributed by atoms with Gasteiger partial charge in [-0.1, -0.05) is 6.42 Å². The molecule has 2 aliphatic rings. The lowest BCUT2D eigenvalue weighted by Gasteiger charge is -2.27. The quantitative estimate of drug-likeness (QED) is 0.785. The minimum atomic E-state index is 0.0603. The Morgan fingerprint density at radius 2 is 1.85 bits per heavy atom. The Morgan fingerprint density at radius 3 is 2.55 bits per heavy atom. The van der Waals surface area contributed by atoms with E-state index in [1.807, 2.05) is 4.90 Å². The van der Waals surface area contributed by atoms with Crippen LogP contribution in [0.25, 0.3) is 0 Å². The van der Waals surface area contributed by atoms with Gasteiger partial charge >= 0.3 is 0 Å². The monoisotopic (exact) mass is 281 g/mol. The van der Waals surface area contributed by atoms with E-state index in [-0.39, 0.29) is 17.7 Å². The molecule has 1 saturated heterocycles. The predicted octanol–water partition coefficient (Wildman–Crippen LogP) is 0.880. The van der Waals surface area contributed by atoms with Crippen LogP contribution in [0.4, 0.5) is 0 Å². The maximum absolute atomic E-state index is 12.1. The third-order valence-corrected chi connectivity index (χ3v) is 4.65. The van der Waals surface area contributed by atoms with Gasteiger partial charge in [0.15, 0.2) is 0 Å². The van der Waals surface area contributed by atoms with E-state index in [9.17, 15) is 9.59 Å². The Bertz CT molecular complexity index is 340. The minimum Gasteiger partial charge on any atom is -0.355 e.